The van der Waals surface area contributed by atoms with Gasteiger partial charge in [0.1, 0.15) is 0 Å². The molecule has 1 aliphatic heterocycles. The Morgan fingerprint density at radius 1 is 1.54 bits per heavy atom. The number of hydrogen-bond donors (Lipinski definition) is 1. The van der Waals surface area contributed by atoms with Crippen LogP contribution in [0.25, 0.3) is 0 Å². The van der Waals surface area contributed by atoms with Crippen LogP contribution in [0, 0.1) is 0 Å². The van der Waals surface area contributed by atoms with Crippen molar-refractivity contribution >= 4 is 9.84 Å². The molecule has 3 nitrogen and oxygen atoms in total. The van der Waals surface area contributed by atoms with Gasteiger partial charge in [-0.3, -0.25) is 0 Å². The Bertz CT molecular complexity index is 269. The van der Waals surface area contributed by atoms with Gasteiger partial charge in [-0.2, -0.15) is 0 Å². The number of hydrogen-bond acceptors (Lipinski definition) is 3. The van der Waals surface area contributed by atoms with E-state index in [1.54, 1.807) is 0 Å². The number of nitrogens with one attached hydrogen (secondary N) is 1. The van der Waals surface area contributed by atoms with Crippen LogP contribution in [0.2, 0.25) is 0 Å². The Morgan fingerprint density at radius 3 is 2.85 bits per heavy atom. The molecule has 1 atom stereocenters. The summed E-state index contributed by atoms with van der Waals surface area (Å²) in [4.78, 5) is 0. The molecule has 13 heavy (non-hydrogen) atoms. The van der Waals surface area contributed by atoms with Gasteiger partial charge in [0.2, 0.25) is 0 Å². The van der Waals surface area contributed by atoms with Gasteiger partial charge in [0.25, 0.3) is 0 Å². The Kier molecular flexibility index (Phi) is 3.93. The number of rotatable bonds is 4. The topological polar surface area (TPSA) is 46.2 Å². The van der Waals surface area contributed by atoms with Gasteiger partial charge in [-0.05, 0) is 19.8 Å². The summed E-state index contributed by atoms with van der Waals surface area (Å²) >= 11 is 0. The summed E-state index contributed by atoms with van der Waals surface area (Å²) < 4.78 is 22.7. The van der Waals surface area contributed by atoms with E-state index in [0.29, 0.717) is 12.3 Å². The average molecular weight is 203 g/mol. The Hall–Kier alpha value is -0.350. The summed E-state index contributed by atoms with van der Waals surface area (Å²) in [5.74, 6) is 0.378. The van der Waals surface area contributed by atoms with Crippen molar-refractivity contribution in [3.8, 4) is 0 Å². The second kappa shape index (κ2) is 4.77. The van der Waals surface area contributed by atoms with Gasteiger partial charge in [0.05, 0.1) is 11.0 Å². The molecule has 0 aromatic carbocycles. The number of sulfone groups is 1. The fourth-order valence-electron chi connectivity index (χ4n) is 1.53. The molecule has 1 fully saturated rings. The summed E-state index contributed by atoms with van der Waals surface area (Å²) in [7, 11) is -2.76. The predicted octanol–water partition coefficient (Wildman–Crippen LogP) is 0.729. The fraction of sp³-hybridized carbons (Fsp3) is 0.778. The van der Waals surface area contributed by atoms with Crippen molar-refractivity contribution in [1.82, 2.24) is 5.32 Å². The molecule has 1 aliphatic rings. The molecule has 0 spiro atoms. The Balaban J connectivity index is 2.29. The minimum absolute atomic E-state index is 0.141. The third-order valence-corrected chi connectivity index (χ3v) is 4.61. The normalized spacial score (nSPS) is 27.0. The third kappa shape index (κ3) is 3.12. The largest absolute Gasteiger partial charge is 0.312 e. The minimum Gasteiger partial charge on any atom is -0.312 e. The first kappa shape index (κ1) is 10.7. The van der Waals surface area contributed by atoms with E-state index in [1.807, 2.05) is 19.1 Å². The van der Waals surface area contributed by atoms with Crippen molar-refractivity contribution in [2.45, 2.75) is 25.0 Å². The maximum atomic E-state index is 11.4. The average Bonchev–Trinajstić information content (AvgIpc) is 2.40. The summed E-state index contributed by atoms with van der Waals surface area (Å²) in [5, 5.41) is 2.98. The molecule has 1 N–H and O–H groups in total. The molecule has 1 heterocycles. The molecule has 0 aromatic heterocycles. The van der Waals surface area contributed by atoms with Gasteiger partial charge in [0.15, 0.2) is 9.84 Å². The van der Waals surface area contributed by atoms with Gasteiger partial charge >= 0.3 is 0 Å². The fourth-order valence-corrected chi connectivity index (χ4v) is 3.33. The Labute approximate surface area is 80.1 Å². The zero-order chi connectivity index (χ0) is 9.73. The van der Waals surface area contributed by atoms with Crippen LogP contribution < -0.4 is 5.32 Å². The molecule has 0 bridgehead atoms. The first-order chi connectivity index (χ1) is 6.17. The summed E-state index contributed by atoms with van der Waals surface area (Å²) in [6.07, 6.45) is 5.60. The molecule has 1 rings (SSSR count). The van der Waals surface area contributed by atoms with E-state index < -0.39 is 9.84 Å². The number of allylic oxidation sites excluding steroid dienone is 1. The highest BCUT2D eigenvalue weighted by atomic mass is 32.2. The van der Waals surface area contributed by atoms with Crippen molar-refractivity contribution in [3.05, 3.63) is 12.2 Å². The molecule has 0 amide bonds. The second-order valence-corrected chi connectivity index (χ2v) is 5.76. The quantitative estimate of drug-likeness (QED) is 0.541. The van der Waals surface area contributed by atoms with Crippen molar-refractivity contribution < 1.29 is 8.42 Å². The molecular weight excluding hydrogens is 186 g/mol. The van der Waals surface area contributed by atoms with Crippen molar-refractivity contribution in [1.29, 1.82) is 0 Å². The van der Waals surface area contributed by atoms with Crippen LogP contribution in [0.4, 0.5) is 0 Å². The summed E-state index contributed by atoms with van der Waals surface area (Å²) in [6.45, 7) is 3.32. The Morgan fingerprint density at radius 2 is 2.31 bits per heavy atom. The first-order valence-corrected chi connectivity index (χ1v) is 6.42. The molecule has 4 heteroatoms. The highest BCUT2D eigenvalue weighted by Gasteiger charge is 2.30. The highest BCUT2D eigenvalue weighted by Crippen LogP contribution is 2.18. The van der Waals surface area contributed by atoms with Gasteiger partial charge in [-0.1, -0.05) is 12.2 Å². The summed E-state index contributed by atoms with van der Waals surface area (Å²) in [5.41, 5.74) is 0. The highest BCUT2D eigenvalue weighted by molar-refractivity contribution is 7.92. The van der Waals surface area contributed by atoms with Crippen LogP contribution >= 0.6 is 0 Å². The summed E-state index contributed by atoms with van der Waals surface area (Å²) in [6, 6.07) is 0. The molecule has 76 valence electrons. The molecule has 0 saturated carbocycles. The van der Waals surface area contributed by atoms with E-state index in [0.717, 1.165) is 19.4 Å². The lowest BCUT2D eigenvalue weighted by Crippen LogP contribution is -2.30. The lowest BCUT2D eigenvalue weighted by molar-refractivity contribution is 0.580. The second-order valence-electron chi connectivity index (χ2n) is 3.36. The maximum absolute atomic E-state index is 11.4. The smallest absolute Gasteiger partial charge is 0.154 e. The predicted molar refractivity (Wildman–Crippen MR) is 54.5 cm³/mol. The molecule has 0 aliphatic carbocycles. The molecule has 0 aromatic rings. The van der Waals surface area contributed by atoms with E-state index in [4.69, 9.17) is 0 Å². The van der Waals surface area contributed by atoms with Crippen LogP contribution in [-0.2, 0) is 9.84 Å². The standard InChI is InChI=1S/C9H17NO2S/c1-2-3-6-10-8-9-5-4-7-13(9,11)12/h2-3,9-10H,4-8H2,1H3/b3-2+. The zero-order valence-corrected chi connectivity index (χ0v) is 8.81. The van der Waals surface area contributed by atoms with E-state index >= 15 is 0 Å². The van der Waals surface area contributed by atoms with E-state index in [2.05, 4.69) is 5.32 Å². The van der Waals surface area contributed by atoms with Gasteiger partial charge in [0, 0.05) is 13.1 Å². The van der Waals surface area contributed by atoms with Gasteiger partial charge in [-0.15, -0.1) is 0 Å². The maximum Gasteiger partial charge on any atom is 0.154 e. The van der Waals surface area contributed by atoms with Crippen LogP contribution in [0.3, 0.4) is 0 Å². The van der Waals surface area contributed by atoms with E-state index in [-0.39, 0.29) is 5.25 Å². The van der Waals surface area contributed by atoms with Crippen LogP contribution in [0.1, 0.15) is 19.8 Å². The van der Waals surface area contributed by atoms with Crippen LogP contribution in [-0.4, -0.2) is 32.5 Å². The van der Waals surface area contributed by atoms with Crippen LogP contribution in [0.5, 0.6) is 0 Å². The molecule has 1 saturated heterocycles. The van der Waals surface area contributed by atoms with Gasteiger partial charge < -0.3 is 5.32 Å². The molecule has 0 radical (unpaired) electrons. The lowest BCUT2D eigenvalue weighted by atomic mass is 10.2. The molecular formula is C9H17NO2S. The van der Waals surface area contributed by atoms with Crippen molar-refractivity contribution in [2.24, 2.45) is 0 Å². The van der Waals surface area contributed by atoms with E-state index in [9.17, 15) is 8.42 Å². The van der Waals surface area contributed by atoms with Crippen molar-refractivity contribution in [3.63, 3.8) is 0 Å². The first-order valence-electron chi connectivity index (χ1n) is 4.70. The minimum atomic E-state index is -2.76. The van der Waals surface area contributed by atoms with Crippen molar-refractivity contribution in [2.75, 3.05) is 18.8 Å². The van der Waals surface area contributed by atoms with Gasteiger partial charge in [-0.25, -0.2) is 8.42 Å². The molecule has 1 unspecified atom stereocenters. The monoisotopic (exact) mass is 203 g/mol. The SMILES string of the molecule is C/C=C/CNCC1CCCS1(=O)=O. The zero-order valence-electron chi connectivity index (χ0n) is 7.99. The van der Waals surface area contributed by atoms with Crippen LogP contribution in [0.15, 0.2) is 12.2 Å². The lowest BCUT2D eigenvalue weighted by Gasteiger charge is -2.08. The third-order valence-electron chi connectivity index (χ3n) is 2.33. The van der Waals surface area contributed by atoms with E-state index in [1.165, 1.54) is 0 Å².